The van der Waals surface area contributed by atoms with Gasteiger partial charge in [0.05, 0.1) is 5.69 Å². The topological polar surface area (TPSA) is 95.9 Å². The van der Waals surface area contributed by atoms with Crippen molar-refractivity contribution < 1.29 is 23.1 Å². The number of nitrogens with zero attached hydrogens (tertiary/aromatic N) is 1. The van der Waals surface area contributed by atoms with Crippen LogP contribution < -0.4 is 9.46 Å². The third kappa shape index (κ3) is 4.39. The molecule has 0 fully saturated rings. The summed E-state index contributed by atoms with van der Waals surface area (Å²) in [6, 6.07) is 6.04. The zero-order valence-electron chi connectivity index (χ0n) is 11.5. The molecule has 0 heterocycles. The second kappa shape index (κ2) is 6.58. The summed E-state index contributed by atoms with van der Waals surface area (Å²) in [6.45, 7) is 2.94. The van der Waals surface area contributed by atoms with Crippen molar-refractivity contribution in [3.63, 3.8) is 0 Å². The van der Waals surface area contributed by atoms with E-state index in [9.17, 15) is 13.2 Å². The molecule has 1 aromatic carbocycles. The van der Waals surface area contributed by atoms with Gasteiger partial charge in [-0.2, -0.15) is 12.7 Å². The first kappa shape index (κ1) is 16.3. The van der Waals surface area contributed by atoms with Gasteiger partial charge in [0.25, 0.3) is 0 Å². The van der Waals surface area contributed by atoms with E-state index < -0.39 is 22.8 Å². The second-order valence-corrected chi connectivity index (χ2v) is 6.13. The maximum atomic E-state index is 12.1. The average molecular weight is 302 g/mol. The Balaban J connectivity index is 2.95. The molecule has 0 radical (unpaired) electrons. The number of hydrogen-bond acceptors (Lipinski definition) is 4. The monoisotopic (exact) mass is 302 g/mol. The highest BCUT2D eigenvalue weighted by atomic mass is 32.2. The van der Waals surface area contributed by atoms with Gasteiger partial charge in [-0.1, -0.05) is 12.1 Å². The van der Waals surface area contributed by atoms with Gasteiger partial charge < -0.3 is 9.84 Å². The van der Waals surface area contributed by atoms with Crippen molar-refractivity contribution in [1.82, 2.24) is 4.31 Å². The highest BCUT2D eigenvalue weighted by Crippen LogP contribution is 2.25. The Hall–Kier alpha value is -1.80. The van der Waals surface area contributed by atoms with Crippen molar-refractivity contribution in [3.05, 3.63) is 24.3 Å². The Bertz CT molecular complexity index is 571. The van der Waals surface area contributed by atoms with Crippen LogP contribution in [0.1, 0.15) is 13.8 Å². The molecule has 8 heteroatoms. The average Bonchev–Trinajstić information content (AvgIpc) is 2.36. The van der Waals surface area contributed by atoms with Gasteiger partial charge in [0.15, 0.2) is 6.61 Å². The lowest BCUT2D eigenvalue weighted by atomic mass is 10.3. The summed E-state index contributed by atoms with van der Waals surface area (Å²) in [7, 11) is -2.27. The van der Waals surface area contributed by atoms with Crippen LogP contribution in [0.2, 0.25) is 0 Å². The minimum Gasteiger partial charge on any atom is -0.480 e. The molecule has 0 aliphatic rings. The van der Waals surface area contributed by atoms with Crippen LogP contribution in [0.3, 0.4) is 0 Å². The predicted molar refractivity (Wildman–Crippen MR) is 75.0 cm³/mol. The minimum atomic E-state index is -3.72. The number of para-hydroxylation sites is 2. The quantitative estimate of drug-likeness (QED) is 0.787. The fraction of sp³-hybridized carbons (Fsp3) is 0.417. The second-order valence-electron chi connectivity index (χ2n) is 4.40. The molecule has 0 saturated carbocycles. The highest BCUT2D eigenvalue weighted by Gasteiger charge is 2.21. The Morgan fingerprint density at radius 1 is 1.40 bits per heavy atom. The summed E-state index contributed by atoms with van der Waals surface area (Å²) in [4.78, 5) is 10.5. The van der Waals surface area contributed by atoms with Gasteiger partial charge in [-0.3, -0.25) is 4.72 Å². The van der Waals surface area contributed by atoms with Gasteiger partial charge in [0, 0.05) is 13.1 Å². The number of anilines is 1. The highest BCUT2D eigenvalue weighted by molar-refractivity contribution is 7.90. The first-order valence-corrected chi connectivity index (χ1v) is 7.37. The Labute approximate surface area is 118 Å². The van der Waals surface area contributed by atoms with Gasteiger partial charge >= 0.3 is 16.2 Å². The molecule has 112 valence electrons. The molecule has 1 rings (SSSR count). The fourth-order valence-corrected chi connectivity index (χ4v) is 2.45. The van der Waals surface area contributed by atoms with Crippen LogP contribution in [-0.2, 0) is 15.0 Å². The number of nitrogens with one attached hydrogen (secondary N) is 1. The van der Waals surface area contributed by atoms with E-state index in [2.05, 4.69) is 4.72 Å². The number of carboxylic acids is 1. The number of carboxylic acid groups (broad SMARTS) is 1. The first-order valence-electron chi connectivity index (χ1n) is 5.93. The zero-order valence-corrected chi connectivity index (χ0v) is 12.3. The maximum absolute atomic E-state index is 12.1. The number of carbonyl (C=O) groups is 1. The molecule has 0 aromatic heterocycles. The number of hydrogen-bond donors (Lipinski definition) is 2. The van der Waals surface area contributed by atoms with E-state index in [1.54, 1.807) is 26.0 Å². The van der Waals surface area contributed by atoms with Crippen molar-refractivity contribution in [2.75, 3.05) is 18.4 Å². The summed E-state index contributed by atoms with van der Waals surface area (Å²) in [6.07, 6.45) is 0. The van der Waals surface area contributed by atoms with Crippen LogP contribution in [0.25, 0.3) is 0 Å². The summed E-state index contributed by atoms with van der Waals surface area (Å²) in [5.74, 6) is -0.974. The van der Waals surface area contributed by atoms with E-state index in [-0.39, 0.29) is 17.5 Å². The molecule has 0 atom stereocenters. The molecule has 0 aliphatic carbocycles. The van der Waals surface area contributed by atoms with Crippen LogP contribution >= 0.6 is 0 Å². The number of benzene rings is 1. The fourth-order valence-electron chi connectivity index (χ4n) is 1.30. The normalized spacial score (nSPS) is 11.7. The SMILES string of the molecule is CC(C)N(C)S(=O)(=O)Nc1ccccc1OCC(=O)O. The number of ether oxygens (including phenoxy) is 1. The molecule has 1 aromatic rings. The lowest BCUT2D eigenvalue weighted by molar-refractivity contribution is -0.139. The van der Waals surface area contributed by atoms with E-state index in [0.717, 1.165) is 0 Å². The molecular formula is C12H18N2O5S. The van der Waals surface area contributed by atoms with E-state index in [1.165, 1.54) is 23.5 Å². The van der Waals surface area contributed by atoms with Crippen LogP contribution in [0.5, 0.6) is 5.75 Å². The van der Waals surface area contributed by atoms with Gasteiger partial charge in [0.1, 0.15) is 5.75 Å². The third-order valence-corrected chi connectivity index (χ3v) is 4.24. The molecule has 0 unspecified atom stereocenters. The van der Waals surface area contributed by atoms with Gasteiger partial charge in [-0.15, -0.1) is 0 Å². The van der Waals surface area contributed by atoms with Gasteiger partial charge in [-0.25, -0.2) is 4.79 Å². The standard InChI is InChI=1S/C12H18N2O5S/c1-9(2)14(3)20(17,18)13-10-6-4-5-7-11(10)19-8-12(15)16/h4-7,9,13H,8H2,1-3H3,(H,15,16). The van der Waals surface area contributed by atoms with Crippen molar-refractivity contribution in [2.24, 2.45) is 0 Å². The van der Waals surface area contributed by atoms with E-state index in [4.69, 9.17) is 9.84 Å². The van der Waals surface area contributed by atoms with Gasteiger partial charge in [-0.05, 0) is 26.0 Å². The Morgan fingerprint density at radius 3 is 2.55 bits per heavy atom. The molecule has 2 N–H and O–H groups in total. The predicted octanol–water partition coefficient (Wildman–Crippen LogP) is 1.15. The van der Waals surface area contributed by atoms with E-state index >= 15 is 0 Å². The number of aliphatic carboxylic acids is 1. The largest absolute Gasteiger partial charge is 0.480 e. The smallest absolute Gasteiger partial charge is 0.341 e. The van der Waals surface area contributed by atoms with Crippen molar-refractivity contribution in [2.45, 2.75) is 19.9 Å². The minimum absolute atomic E-state index is 0.163. The summed E-state index contributed by atoms with van der Waals surface area (Å²) < 4.78 is 32.7. The van der Waals surface area contributed by atoms with Crippen molar-refractivity contribution >= 4 is 21.9 Å². The molecule has 20 heavy (non-hydrogen) atoms. The Morgan fingerprint density at radius 2 is 2.00 bits per heavy atom. The summed E-state index contributed by atoms with van der Waals surface area (Å²) in [5.41, 5.74) is 0.196. The molecule has 0 amide bonds. The lowest BCUT2D eigenvalue weighted by Gasteiger charge is -2.22. The summed E-state index contributed by atoms with van der Waals surface area (Å²) in [5, 5.41) is 8.59. The molecule has 0 saturated heterocycles. The van der Waals surface area contributed by atoms with Crippen molar-refractivity contribution in [3.8, 4) is 5.75 Å². The van der Waals surface area contributed by atoms with E-state index in [1.807, 2.05) is 0 Å². The molecular weight excluding hydrogens is 284 g/mol. The van der Waals surface area contributed by atoms with Crippen molar-refractivity contribution in [1.29, 1.82) is 0 Å². The first-order chi connectivity index (χ1) is 9.24. The van der Waals surface area contributed by atoms with Crippen LogP contribution in [0.15, 0.2) is 24.3 Å². The zero-order chi connectivity index (χ0) is 15.3. The van der Waals surface area contributed by atoms with Gasteiger partial charge in [0.2, 0.25) is 0 Å². The third-order valence-electron chi connectivity index (χ3n) is 2.58. The lowest BCUT2D eigenvalue weighted by Crippen LogP contribution is -2.37. The maximum Gasteiger partial charge on any atom is 0.341 e. The molecule has 0 bridgehead atoms. The summed E-state index contributed by atoms with van der Waals surface area (Å²) >= 11 is 0. The van der Waals surface area contributed by atoms with E-state index in [0.29, 0.717) is 0 Å². The molecule has 0 spiro atoms. The Kier molecular flexibility index (Phi) is 5.34. The molecule has 0 aliphatic heterocycles. The van der Waals surface area contributed by atoms with Crippen LogP contribution in [-0.4, -0.2) is 43.5 Å². The van der Waals surface area contributed by atoms with Crippen LogP contribution in [0, 0.1) is 0 Å². The van der Waals surface area contributed by atoms with Crippen LogP contribution in [0.4, 0.5) is 5.69 Å². The molecule has 7 nitrogen and oxygen atoms in total. The number of rotatable bonds is 7.